The lowest BCUT2D eigenvalue weighted by Gasteiger charge is -2.24. The fourth-order valence-electron chi connectivity index (χ4n) is 3.46. The molecule has 1 unspecified atom stereocenters. The van der Waals surface area contributed by atoms with Gasteiger partial charge in [0.1, 0.15) is 5.82 Å². The van der Waals surface area contributed by atoms with E-state index < -0.39 is 16.1 Å². The smallest absolute Gasteiger partial charge is 0.262 e. The number of imidazole rings is 1. The highest BCUT2D eigenvalue weighted by molar-refractivity contribution is 7.89. The summed E-state index contributed by atoms with van der Waals surface area (Å²) in [5, 5.41) is 0.536. The molecule has 1 fully saturated rings. The van der Waals surface area contributed by atoms with Crippen molar-refractivity contribution in [2.75, 3.05) is 6.54 Å². The highest BCUT2D eigenvalue weighted by atomic mass is 32.2. The van der Waals surface area contributed by atoms with Crippen molar-refractivity contribution in [3.63, 3.8) is 0 Å². The van der Waals surface area contributed by atoms with E-state index in [1.54, 1.807) is 36.9 Å². The zero-order chi connectivity index (χ0) is 18.5. The molecule has 2 aromatic heterocycles. The van der Waals surface area contributed by atoms with Crippen molar-refractivity contribution >= 4 is 20.9 Å². The summed E-state index contributed by atoms with van der Waals surface area (Å²) < 4.78 is 30.5. The van der Waals surface area contributed by atoms with Crippen LogP contribution < -0.4 is 5.56 Å². The Kier molecular flexibility index (Phi) is 3.92. The van der Waals surface area contributed by atoms with Crippen LogP contribution in [0.4, 0.5) is 0 Å². The zero-order valence-electron chi connectivity index (χ0n) is 14.5. The molecule has 136 valence electrons. The highest BCUT2D eigenvalue weighted by Gasteiger charge is 2.39. The topological polar surface area (TPSA) is 90.1 Å². The Morgan fingerprint density at radius 1 is 1.19 bits per heavy atom. The molecular formula is C17H19N5O3S. The number of rotatable bonds is 3. The van der Waals surface area contributed by atoms with Gasteiger partial charge in [-0.3, -0.25) is 9.36 Å². The maximum Gasteiger partial charge on any atom is 0.262 e. The van der Waals surface area contributed by atoms with Crippen molar-refractivity contribution in [2.45, 2.75) is 23.9 Å². The van der Waals surface area contributed by atoms with E-state index in [1.165, 1.54) is 21.4 Å². The lowest BCUT2D eigenvalue weighted by atomic mass is 10.2. The van der Waals surface area contributed by atoms with Crippen LogP contribution in [0.15, 0.2) is 46.6 Å². The molecule has 1 aromatic carbocycles. The van der Waals surface area contributed by atoms with Gasteiger partial charge in [0, 0.05) is 26.8 Å². The van der Waals surface area contributed by atoms with E-state index in [2.05, 4.69) is 9.97 Å². The van der Waals surface area contributed by atoms with Gasteiger partial charge < -0.3 is 4.57 Å². The third kappa shape index (κ3) is 2.55. The molecular weight excluding hydrogens is 354 g/mol. The Hall–Kier alpha value is -2.52. The Balaban J connectivity index is 1.84. The molecule has 4 rings (SSSR count). The number of para-hydroxylation sites is 1. The predicted octanol–water partition coefficient (Wildman–Crippen LogP) is 1.19. The molecule has 8 nitrogen and oxygen atoms in total. The largest absolute Gasteiger partial charge is 0.339 e. The first-order valence-corrected chi connectivity index (χ1v) is 9.79. The second-order valence-corrected chi connectivity index (χ2v) is 8.34. The fourth-order valence-corrected chi connectivity index (χ4v) is 5.09. The maximum absolute atomic E-state index is 13.0. The van der Waals surface area contributed by atoms with Crippen LogP contribution in [-0.2, 0) is 24.1 Å². The zero-order valence-corrected chi connectivity index (χ0v) is 15.3. The van der Waals surface area contributed by atoms with Crippen molar-refractivity contribution in [3.05, 3.63) is 53.0 Å². The number of hydrogen-bond donors (Lipinski definition) is 0. The van der Waals surface area contributed by atoms with Gasteiger partial charge in [0.05, 0.1) is 23.3 Å². The first-order chi connectivity index (χ1) is 12.4. The van der Waals surface area contributed by atoms with Crippen molar-refractivity contribution in [1.82, 2.24) is 23.4 Å². The lowest BCUT2D eigenvalue weighted by Crippen LogP contribution is -2.35. The molecule has 0 radical (unpaired) electrons. The van der Waals surface area contributed by atoms with Gasteiger partial charge in [0.25, 0.3) is 15.6 Å². The maximum atomic E-state index is 13.0. The Morgan fingerprint density at radius 2 is 1.96 bits per heavy atom. The van der Waals surface area contributed by atoms with Crippen molar-refractivity contribution in [2.24, 2.45) is 14.1 Å². The van der Waals surface area contributed by atoms with E-state index in [0.29, 0.717) is 36.1 Å². The van der Waals surface area contributed by atoms with Gasteiger partial charge in [-0.15, -0.1) is 0 Å². The summed E-state index contributed by atoms with van der Waals surface area (Å²) in [7, 11) is -0.388. The molecule has 3 heterocycles. The summed E-state index contributed by atoms with van der Waals surface area (Å²) in [4.78, 5) is 21.3. The monoisotopic (exact) mass is 373 g/mol. The quantitative estimate of drug-likeness (QED) is 0.688. The molecule has 0 bridgehead atoms. The van der Waals surface area contributed by atoms with Crippen LogP contribution in [0.1, 0.15) is 24.7 Å². The highest BCUT2D eigenvalue weighted by Crippen LogP contribution is 2.35. The van der Waals surface area contributed by atoms with Crippen LogP contribution in [0, 0.1) is 0 Å². The van der Waals surface area contributed by atoms with Gasteiger partial charge in [-0.1, -0.05) is 12.1 Å². The van der Waals surface area contributed by atoms with Crippen molar-refractivity contribution in [1.29, 1.82) is 0 Å². The summed E-state index contributed by atoms with van der Waals surface area (Å²) in [6, 6.07) is 6.62. The van der Waals surface area contributed by atoms with E-state index >= 15 is 0 Å². The van der Waals surface area contributed by atoms with Gasteiger partial charge in [0.15, 0.2) is 5.03 Å². The van der Waals surface area contributed by atoms with Crippen molar-refractivity contribution < 1.29 is 8.42 Å². The van der Waals surface area contributed by atoms with Gasteiger partial charge in [-0.2, -0.15) is 4.31 Å². The minimum absolute atomic E-state index is 0.0117. The second-order valence-electron chi connectivity index (χ2n) is 6.50. The summed E-state index contributed by atoms with van der Waals surface area (Å²) in [6.07, 6.45) is 4.27. The number of benzene rings is 1. The number of aromatic nitrogens is 4. The first kappa shape index (κ1) is 16.9. The third-order valence-corrected chi connectivity index (χ3v) is 6.57. The predicted molar refractivity (Wildman–Crippen MR) is 96.1 cm³/mol. The van der Waals surface area contributed by atoms with E-state index in [-0.39, 0.29) is 10.6 Å². The molecule has 1 aliphatic rings. The molecule has 0 amide bonds. The van der Waals surface area contributed by atoms with Gasteiger partial charge in [-0.05, 0) is 25.0 Å². The molecule has 1 atom stereocenters. The van der Waals surface area contributed by atoms with Gasteiger partial charge in [-0.25, -0.2) is 18.4 Å². The summed E-state index contributed by atoms with van der Waals surface area (Å²) in [5.74, 6) is 0.464. The Morgan fingerprint density at radius 3 is 2.69 bits per heavy atom. The molecule has 9 heteroatoms. The molecule has 0 saturated carbocycles. The van der Waals surface area contributed by atoms with Crippen LogP contribution in [0.3, 0.4) is 0 Å². The normalized spacial score (nSPS) is 18.6. The van der Waals surface area contributed by atoms with Gasteiger partial charge >= 0.3 is 0 Å². The molecule has 0 spiro atoms. The number of sulfonamides is 1. The minimum atomic E-state index is -3.75. The van der Waals surface area contributed by atoms with Crippen LogP contribution in [0.2, 0.25) is 0 Å². The van der Waals surface area contributed by atoms with E-state index in [0.717, 1.165) is 0 Å². The molecule has 1 aliphatic heterocycles. The fraction of sp³-hybridized carbons (Fsp3) is 0.353. The van der Waals surface area contributed by atoms with E-state index in [9.17, 15) is 13.2 Å². The van der Waals surface area contributed by atoms with E-state index in [1.807, 2.05) is 6.07 Å². The molecule has 26 heavy (non-hydrogen) atoms. The standard InChI is InChI=1S/C17H19N5O3S/c1-20-10-15(18-11-20)26(24,25)22-9-5-8-14(22)16-19-13-7-4-3-6-12(13)17(23)21(16)2/h3-4,6-7,10-11,14H,5,8-9H2,1-2H3. The summed E-state index contributed by atoms with van der Waals surface area (Å²) in [5.41, 5.74) is 0.403. The second kappa shape index (κ2) is 6.03. The van der Waals surface area contributed by atoms with Crippen LogP contribution in [0.5, 0.6) is 0 Å². The van der Waals surface area contributed by atoms with Crippen LogP contribution >= 0.6 is 0 Å². The Labute approximate surface area is 150 Å². The molecule has 0 aliphatic carbocycles. The average molecular weight is 373 g/mol. The number of fused-ring (bicyclic) bond motifs is 1. The van der Waals surface area contributed by atoms with Crippen LogP contribution in [0.25, 0.3) is 10.9 Å². The molecule has 1 saturated heterocycles. The van der Waals surface area contributed by atoms with Crippen LogP contribution in [-0.4, -0.2) is 38.4 Å². The van der Waals surface area contributed by atoms with Gasteiger partial charge in [0.2, 0.25) is 0 Å². The molecule has 0 N–H and O–H groups in total. The number of nitrogens with zero attached hydrogens (tertiary/aromatic N) is 5. The number of hydrogen-bond acceptors (Lipinski definition) is 5. The lowest BCUT2D eigenvalue weighted by molar-refractivity contribution is 0.372. The Bertz CT molecular complexity index is 1150. The van der Waals surface area contributed by atoms with E-state index in [4.69, 9.17) is 0 Å². The summed E-state index contributed by atoms with van der Waals surface area (Å²) in [6.45, 7) is 0.381. The minimum Gasteiger partial charge on any atom is -0.339 e. The summed E-state index contributed by atoms with van der Waals surface area (Å²) >= 11 is 0. The average Bonchev–Trinajstić information content (AvgIpc) is 3.28. The molecule has 3 aromatic rings. The number of aryl methyl sites for hydroxylation is 1. The third-order valence-electron chi connectivity index (χ3n) is 4.77. The first-order valence-electron chi connectivity index (χ1n) is 8.35. The SMILES string of the molecule is Cn1cnc(S(=O)(=O)N2CCCC2c2nc3ccccc3c(=O)n2C)c1. The van der Waals surface area contributed by atoms with Crippen molar-refractivity contribution in [3.8, 4) is 0 Å².